The zero-order valence-electron chi connectivity index (χ0n) is 20.2. The first-order valence-corrected chi connectivity index (χ1v) is 15.4. The molecule has 0 aliphatic carbocycles. The number of hydrogen-bond acceptors (Lipinski definition) is 7. The van der Waals surface area contributed by atoms with Crippen LogP contribution in [0, 0.1) is 0 Å². The van der Waals surface area contributed by atoms with E-state index in [0.717, 1.165) is 47.8 Å². The number of rotatable bonds is 8. The van der Waals surface area contributed by atoms with Gasteiger partial charge in [0.2, 0.25) is 0 Å². The number of aromatic nitrogens is 1. The Morgan fingerprint density at radius 3 is 2.55 bits per heavy atom. The highest BCUT2D eigenvalue weighted by Gasteiger charge is 2.20. The number of nitrogens with one attached hydrogen (secondary N) is 2. The molecule has 0 radical (unpaired) electrons. The summed E-state index contributed by atoms with van der Waals surface area (Å²) in [6.45, 7) is 4.76. The van der Waals surface area contributed by atoms with Crippen LogP contribution in [0.2, 0.25) is 5.02 Å². The fourth-order valence-electron chi connectivity index (χ4n) is 4.17. The summed E-state index contributed by atoms with van der Waals surface area (Å²) in [5.41, 5.74) is 1.71. The van der Waals surface area contributed by atoms with Crippen LogP contribution in [0.5, 0.6) is 0 Å². The Hall–Kier alpha value is -2.70. The minimum atomic E-state index is -3.80. The Bertz CT molecular complexity index is 1550. The van der Waals surface area contributed by atoms with Crippen molar-refractivity contribution < 1.29 is 13.2 Å². The van der Waals surface area contributed by atoms with Gasteiger partial charge in [0.15, 0.2) is 5.13 Å². The normalized spacial score (nSPS) is 14.5. The van der Waals surface area contributed by atoms with E-state index in [1.165, 1.54) is 35.0 Å². The summed E-state index contributed by atoms with van der Waals surface area (Å²) >= 11 is 11.1. The number of nitrogens with zero attached hydrogens (tertiary/aromatic N) is 3. The van der Waals surface area contributed by atoms with E-state index in [9.17, 15) is 13.2 Å². The van der Waals surface area contributed by atoms with Crippen LogP contribution >= 0.6 is 38.9 Å². The van der Waals surface area contributed by atoms with Crippen molar-refractivity contribution >= 4 is 75.8 Å². The first-order chi connectivity index (χ1) is 18.3. The molecule has 2 N–H and O–H groups in total. The Morgan fingerprint density at radius 1 is 1.03 bits per heavy atom. The lowest BCUT2D eigenvalue weighted by atomic mass is 10.2. The predicted molar refractivity (Wildman–Crippen MR) is 157 cm³/mol. The summed E-state index contributed by atoms with van der Waals surface area (Å²) in [5, 5.41) is 4.43. The lowest BCUT2D eigenvalue weighted by molar-refractivity contribution is 0.0948. The smallest absolute Gasteiger partial charge is 0.261 e. The number of anilines is 2. The van der Waals surface area contributed by atoms with Gasteiger partial charge < -0.3 is 10.2 Å². The highest BCUT2D eigenvalue weighted by Crippen LogP contribution is 2.31. The highest BCUT2D eigenvalue weighted by atomic mass is 79.9. The van der Waals surface area contributed by atoms with E-state index in [1.54, 1.807) is 29.5 Å². The van der Waals surface area contributed by atoms with Gasteiger partial charge in [0.1, 0.15) is 0 Å². The molecule has 12 heteroatoms. The number of benzene rings is 3. The van der Waals surface area contributed by atoms with E-state index in [1.807, 2.05) is 12.1 Å². The standard InChI is InChI=1S/C26H25BrClN5O3S2/c27-19-4-9-23-24(17-19)37-26(30-23)33-14-12-32(13-15-33)11-10-29-25(34)18-2-1-3-21(16-18)31-38(35,36)22-7-5-20(28)6-8-22/h1-9,16-17,31H,10-15H2,(H,29,34). The zero-order valence-corrected chi connectivity index (χ0v) is 24.2. The molecule has 1 aromatic heterocycles. The van der Waals surface area contributed by atoms with Crippen molar-refractivity contribution in [3.05, 3.63) is 81.8 Å². The molecule has 0 atom stereocenters. The fourth-order valence-corrected chi connectivity index (χ4v) is 6.91. The van der Waals surface area contributed by atoms with E-state index in [2.05, 4.69) is 41.8 Å². The lowest BCUT2D eigenvalue weighted by Gasteiger charge is -2.34. The van der Waals surface area contributed by atoms with Crippen LogP contribution in [0.25, 0.3) is 10.2 Å². The van der Waals surface area contributed by atoms with Gasteiger partial charge in [-0.05, 0) is 60.7 Å². The fraction of sp³-hybridized carbons (Fsp3) is 0.231. The maximum atomic E-state index is 12.7. The molecule has 4 aromatic rings. The topological polar surface area (TPSA) is 94.6 Å². The molecular weight excluding hydrogens is 610 g/mol. The van der Waals surface area contributed by atoms with Crippen molar-refractivity contribution in [3.8, 4) is 0 Å². The van der Waals surface area contributed by atoms with Crippen molar-refractivity contribution in [2.24, 2.45) is 0 Å². The largest absolute Gasteiger partial charge is 0.351 e. The third-order valence-corrected chi connectivity index (χ3v) is 9.42. The van der Waals surface area contributed by atoms with Crippen molar-refractivity contribution in [2.75, 3.05) is 48.9 Å². The molecular formula is C26H25BrClN5O3S2. The van der Waals surface area contributed by atoms with Gasteiger partial charge in [0, 0.05) is 60.0 Å². The Labute approximate surface area is 238 Å². The Kier molecular flexibility index (Phi) is 8.20. The van der Waals surface area contributed by atoms with Crippen LogP contribution in [0.1, 0.15) is 10.4 Å². The SMILES string of the molecule is O=C(NCCN1CCN(c2nc3ccc(Br)cc3s2)CC1)c1cccc(NS(=O)(=O)c2ccc(Cl)cc2)c1. The van der Waals surface area contributed by atoms with Gasteiger partial charge in [-0.15, -0.1) is 0 Å². The third-order valence-electron chi connectivity index (χ3n) is 6.20. The van der Waals surface area contributed by atoms with Crippen LogP contribution in [0.15, 0.2) is 76.1 Å². The van der Waals surface area contributed by atoms with Gasteiger partial charge in [0.25, 0.3) is 15.9 Å². The molecule has 1 aliphatic heterocycles. The van der Waals surface area contributed by atoms with E-state index in [-0.39, 0.29) is 10.8 Å². The summed E-state index contributed by atoms with van der Waals surface area (Å²) in [4.78, 5) is 22.2. The molecule has 0 unspecified atom stereocenters. The molecule has 1 aliphatic rings. The van der Waals surface area contributed by atoms with E-state index in [4.69, 9.17) is 16.6 Å². The molecule has 5 rings (SSSR count). The minimum Gasteiger partial charge on any atom is -0.351 e. The van der Waals surface area contributed by atoms with Gasteiger partial charge in [0.05, 0.1) is 15.1 Å². The third kappa shape index (κ3) is 6.47. The van der Waals surface area contributed by atoms with Crippen LogP contribution < -0.4 is 14.9 Å². The lowest BCUT2D eigenvalue weighted by Crippen LogP contribution is -2.48. The first-order valence-electron chi connectivity index (χ1n) is 12.0. The predicted octanol–water partition coefficient (Wildman–Crippen LogP) is 5.07. The molecule has 1 amide bonds. The minimum absolute atomic E-state index is 0.0908. The average Bonchev–Trinajstić information content (AvgIpc) is 3.32. The van der Waals surface area contributed by atoms with Crippen molar-refractivity contribution in [2.45, 2.75) is 4.90 Å². The highest BCUT2D eigenvalue weighted by molar-refractivity contribution is 9.10. The van der Waals surface area contributed by atoms with Crippen molar-refractivity contribution in [1.82, 2.24) is 15.2 Å². The Balaban J connectivity index is 1.10. The maximum Gasteiger partial charge on any atom is 0.261 e. The number of thiazole rings is 1. The molecule has 0 bridgehead atoms. The second-order valence-corrected chi connectivity index (χ2v) is 12.9. The number of hydrogen-bond donors (Lipinski definition) is 2. The van der Waals surface area contributed by atoms with Crippen molar-refractivity contribution in [1.29, 1.82) is 0 Å². The van der Waals surface area contributed by atoms with E-state index < -0.39 is 10.0 Å². The van der Waals surface area contributed by atoms with E-state index in [0.29, 0.717) is 22.8 Å². The number of halogens is 2. The zero-order chi connectivity index (χ0) is 26.7. The summed E-state index contributed by atoms with van der Waals surface area (Å²) < 4.78 is 30.0. The van der Waals surface area contributed by atoms with Gasteiger partial charge in [-0.25, -0.2) is 13.4 Å². The number of carbonyl (C=O) groups excluding carboxylic acids is 1. The average molecular weight is 635 g/mol. The molecule has 8 nitrogen and oxygen atoms in total. The number of piperazine rings is 1. The van der Waals surface area contributed by atoms with E-state index >= 15 is 0 Å². The molecule has 198 valence electrons. The molecule has 0 spiro atoms. The summed E-state index contributed by atoms with van der Waals surface area (Å²) in [6.07, 6.45) is 0. The molecule has 0 saturated carbocycles. The molecule has 2 heterocycles. The maximum absolute atomic E-state index is 12.7. The van der Waals surface area contributed by atoms with Gasteiger partial charge in [-0.2, -0.15) is 0 Å². The number of fused-ring (bicyclic) bond motifs is 1. The second kappa shape index (κ2) is 11.6. The molecule has 3 aromatic carbocycles. The molecule has 1 fully saturated rings. The first kappa shape index (κ1) is 26.9. The molecule has 1 saturated heterocycles. The number of amides is 1. The number of sulfonamides is 1. The quantitative estimate of drug-likeness (QED) is 0.281. The van der Waals surface area contributed by atoms with Crippen LogP contribution in [-0.4, -0.2) is 63.5 Å². The molecule has 38 heavy (non-hydrogen) atoms. The number of carbonyl (C=O) groups is 1. The van der Waals surface area contributed by atoms with Gasteiger partial charge in [-0.1, -0.05) is 44.9 Å². The summed E-state index contributed by atoms with van der Waals surface area (Å²) in [5.74, 6) is -0.253. The van der Waals surface area contributed by atoms with Crippen molar-refractivity contribution in [3.63, 3.8) is 0 Å². The van der Waals surface area contributed by atoms with Gasteiger partial charge >= 0.3 is 0 Å². The Morgan fingerprint density at radius 2 is 1.79 bits per heavy atom. The summed E-state index contributed by atoms with van der Waals surface area (Å²) in [6, 6.07) is 18.5. The monoisotopic (exact) mass is 633 g/mol. The van der Waals surface area contributed by atoms with Crippen LogP contribution in [-0.2, 0) is 10.0 Å². The summed E-state index contributed by atoms with van der Waals surface area (Å²) in [7, 11) is -3.80. The van der Waals surface area contributed by atoms with Crippen LogP contribution in [0.4, 0.5) is 10.8 Å². The van der Waals surface area contributed by atoms with Gasteiger partial charge in [-0.3, -0.25) is 14.4 Å². The second-order valence-electron chi connectivity index (χ2n) is 8.83. The van der Waals surface area contributed by atoms with Crippen LogP contribution in [0.3, 0.4) is 0 Å².